The SMILES string of the molecule is CC(C)CCCCCCOC(=O)CCCCCCCCC(=O)OCCCCCCC(C)C. The monoisotopic (exact) mass is 454 g/mol. The maximum atomic E-state index is 11.7. The van der Waals surface area contributed by atoms with Crippen LogP contribution in [0.1, 0.15) is 143 Å². The minimum atomic E-state index is -0.0464. The van der Waals surface area contributed by atoms with Crippen LogP contribution in [0.5, 0.6) is 0 Å². The van der Waals surface area contributed by atoms with Gasteiger partial charge < -0.3 is 9.47 Å². The van der Waals surface area contributed by atoms with E-state index in [4.69, 9.17) is 9.47 Å². The molecule has 0 aliphatic heterocycles. The fourth-order valence-corrected chi connectivity index (χ4v) is 3.78. The molecule has 0 aromatic heterocycles. The van der Waals surface area contributed by atoms with Gasteiger partial charge in [-0.25, -0.2) is 0 Å². The van der Waals surface area contributed by atoms with Gasteiger partial charge >= 0.3 is 11.9 Å². The van der Waals surface area contributed by atoms with Crippen molar-refractivity contribution >= 4 is 11.9 Å². The molecule has 0 unspecified atom stereocenters. The van der Waals surface area contributed by atoms with E-state index in [-0.39, 0.29) is 11.9 Å². The molecule has 0 aromatic carbocycles. The van der Waals surface area contributed by atoms with E-state index >= 15 is 0 Å². The second-order valence-corrected chi connectivity index (χ2v) is 10.3. The van der Waals surface area contributed by atoms with Crippen LogP contribution in [0.2, 0.25) is 0 Å². The Morgan fingerprint density at radius 3 is 1.16 bits per heavy atom. The number of unbranched alkanes of at least 4 members (excludes halogenated alkanes) is 11. The van der Waals surface area contributed by atoms with Gasteiger partial charge in [0.25, 0.3) is 0 Å². The lowest BCUT2D eigenvalue weighted by atomic mass is 10.0. The highest BCUT2D eigenvalue weighted by Gasteiger charge is 2.04. The van der Waals surface area contributed by atoms with Gasteiger partial charge in [0.1, 0.15) is 0 Å². The maximum absolute atomic E-state index is 11.7. The largest absolute Gasteiger partial charge is 0.466 e. The first-order chi connectivity index (χ1) is 15.4. The molecule has 0 spiro atoms. The predicted octanol–water partition coefficient (Wildman–Crippen LogP) is 8.41. The van der Waals surface area contributed by atoms with Crippen molar-refractivity contribution in [3.63, 3.8) is 0 Å². The predicted molar refractivity (Wildman–Crippen MR) is 135 cm³/mol. The molecule has 4 nitrogen and oxygen atoms in total. The Hall–Kier alpha value is -1.06. The van der Waals surface area contributed by atoms with E-state index < -0.39 is 0 Å². The highest BCUT2D eigenvalue weighted by Crippen LogP contribution is 2.12. The van der Waals surface area contributed by atoms with Crippen LogP contribution in [0.4, 0.5) is 0 Å². The summed E-state index contributed by atoms with van der Waals surface area (Å²) in [5.41, 5.74) is 0. The number of hydrogen-bond donors (Lipinski definition) is 0. The van der Waals surface area contributed by atoms with Crippen molar-refractivity contribution < 1.29 is 19.1 Å². The highest BCUT2D eigenvalue weighted by molar-refractivity contribution is 5.69. The summed E-state index contributed by atoms with van der Waals surface area (Å²) in [6.45, 7) is 10.2. The number of rotatable bonds is 23. The number of carbonyl (C=O) groups excluding carboxylic acids is 2. The molecule has 32 heavy (non-hydrogen) atoms. The molecular formula is C28H54O4. The summed E-state index contributed by atoms with van der Waals surface area (Å²) in [6.07, 6.45) is 19.2. The van der Waals surface area contributed by atoms with E-state index in [1.165, 1.54) is 38.5 Å². The van der Waals surface area contributed by atoms with Crippen LogP contribution in [0, 0.1) is 11.8 Å². The lowest BCUT2D eigenvalue weighted by Gasteiger charge is -2.07. The zero-order valence-electron chi connectivity index (χ0n) is 21.9. The van der Waals surface area contributed by atoms with Crippen LogP contribution in [-0.2, 0) is 19.1 Å². The molecule has 4 heteroatoms. The second-order valence-electron chi connectivity index (χ2n) is 10.3. The van der Waals surface area contributed by atoms with Gasteiger partial charge in [-0.1, -0.05) is 105 Å². The average molecular weight is 455 g/mol. The zero-order chi connectivity index (χ0) is 23.9. The lowest BCUT2D eigenvalue weighted by Crippen LogP contribution is -2.06. The van der Waals surface area contributed by atoms with Gasteiger partial charge in [0.05, 0.1) is 13.2 Å². The van der Waals surface area contributed by atoms with Crippen molar-refractivity contribution in [3.05, 3.63) is 0 Å². The Morgan fingerprint density at radius 1 is 0.469 bits per heavy atom. The number of hydrogen-bond acceptors (Lipinski definition) is 4. The van der Waals surface area contributed by atoms with Crippen molar-refractivity contribution in [1.82, 2.24) is 0 Å². The Balaban J connectivity index is 3.29. The molecule has 0 radical (unpaired) electrons. The van der Waals surface area contributed by atoms with E-state index in [9.17, 15) is 9.59 Å². The molecular weight excluding hydrogens is 400 g/mol. The summed E-state index contributed by atoms with van der Waals surface area (Å²) in [6, 6.07) is 0. The van der Waals surface area contributed by atoms with Crippen LogP contribution in [0.15, 0.2) is 0 Å². The summed E-state index contributed by atoms with van der Waals surface area (Å²) in [5.74, 6) is 1.48. The standard InChI is InChI=1S/C28H54O4/c1-25(2)19-13-9-11-17-23-31-27(29)21-15-7-5-6-8-16-22-28(30)32-24-18-12-10-14-20-26(3)4/h25-26H,5-24H2,1-4H3. The lowest BCUT2D eigenvalue weighted by molar-refractivity contribution is -0.144. The van der Waals surface area contributed by atoms with Gasteiger partial charge in [0.2, 0.25) is 0 Å². The number of esters is 2. The molecule has 0 atom stereocenters. The van der Waals surface area contributed by atoms with Crippen molar-refractivity contribution in [3.8, 4) is 0 Å². The molecule has 0 aliphatic carbocycles. The summed E-state index contributed by atoms with van der Waals surface area (Å²) in [5, 5.41) is 0. The molecule has 0 aliphatic rings. The number of ether oxygens (including phenoxy) is 2. The topological polar surface area (TPSA) is 52.6 Å². The van der Waals surface area contributed by atoms with E-state index in [0.29, 0.717) is 26.1 Å². The van der Waals surface area contributed by atoms with E-state index in [1.54, 1.807) is 0 Å². The van der Waals surface area contributed by atoms with Crippen molar-refractivity contribution in [1.29, 1.82) is 0 Å². The second kappa shape index (κ2) is 23.1. The quantitative estimate of drug-likeness (QED) is 0.115. The molecule has 0 fully saturated rings. The Kier molecular flexibility index (Phi) is 22.3. The van der Waals surface area contributed by atoms with Crippen LogP contribution >= 0.6 is 0 Å². The maximum Gasteiger partial charge on any atom is 0.305 e. The Bertz CT molecular complexity index is 391. The molecule has 0 saturated heterocycles. The van der Waals surface area contributed by atoms with Crippen LogP contribution in [-0.4, -0.2) is 25.2 Å². The normalized spacial score (nSPS) is 11.3. The van der Waals surface area contributed by atoms with Crippen LogP contribution in [0.3, 0.4) is 0 Å². The average Bonchev–Trinajstić information content (AvgIpc) is 2.73. The summed E-state index contributed by atoms with van der Waals surface area (Å²) in [7, 11) is 0. The summed E-state index contributed by atoms with van der Waals surface area (Å²) in [4.78, 5) is 23.5. The molecule has 0 N–H and O–H groups in total. The zero-order valence-corrected chi connectivity index (χ0v) is 21.9. The molecule has 0 rings (SSSR count). The first-order valence-electron chi connectivity index (χ1n) is 13.7. The Labute approximate surface area is 199 Å². The minimum Gasteiger partial charge on any atom is -0.466 e. The van der Waals surface area contributed by atoms with Gasteiger partial charge in [-0.3, -0.25) is 9.59 Å². The molecule has 0 aromatic rings. The molecule has 0 bridgehead atoms. The number of carbonyl (C=O) groups is 2. The van der Waals surface area contributed by atoms with Crippen LogP contribution in [0.25, 0.3) is 0 Å². The third kappa shape index (κ3) is 25.2. The van der Waals surface area contributed by atoms with E-state index in [2.05, 4.69) is 27.7 Å². The Morgan fingerprint density at radius 2 is 0.781 bits per heavy atom. The molecule has 190 valence electrons. The minimum absolute atomic E-state index is 0.0464. The van der Waals surface area contributed by atoms with Crippen LogP contribution < -0.4 is 0 Å². The third-order valence-corrected chi connectivity index (χ3v) is 5.89. The smallest absolute Gasteiger partial charge is 0.305 e. The molecule has 0 saturated carbocycles. The first-order valence-corrected chi connectivity index (χ1v) is 13.7. The van der Waals surface area contributed by atoms with Gasteiger partial charge in [-0.05, 0) is 37.5 Å². The summed E-state index contributed by atoms with van der Waals surface area (Å²) < 4.78 is 10.6. The van der Waals surface area contributed by atoms with E-state index in [1.807, 2.05) is 0 Å². The van der Waals surface area contributed by atoms with E-state index in [0.717, 1.165) is 76.0 Å². The highest BCUT2D eigenvalue weighted by atomic mass is 16.5. The van der Waals surface area contributed by atoms with Gasteiger partial charge in [0.15, 0.2) is 0 Å². The third-order valence-electron chi connectivity index (χ3n) is 5.89. The fourth-order valence-electron chi connectivity index (χ4n) is 3.78. The van der Waals surface area contributed by atoms with Crippen molar-refractivity contribution in [2.45, 2.75) is 143 Å². The summed E-state index contributed by atoms with van der Waals surface area (Å²) >= 11 is 0. The van der Waals surface area contributed by atoms with Gasteiger partial charge in [0, 0.05) is 12.8 Å². The van der Waals surface area contributed by atoms with Crippen molar-refractivity contribution in [2.75, 3.05) is 13.2 Å². The van der Waals surface area contributed by atoms with Gasteiger partial charge in [-0.15, -0.1) is 0 Å². The van der Waals surface area contributed by atoms with Gasteiger partial charge in [-0.2, -0.15) is 0 Å². The first kappa shape index (κ1) is 30.9. The molecule has 0 amide bonds. The van der Waals surface area contributed by atoms with Crippen molar-refractivity contribution in [2.24, 2.45) is 11.8 Å². The molecule has 0 heterocycles. The fraction of sp³-hybridized carbons (Fsp3) is 0.929.